The molecular weight excluding hydrogens is 663 g/mol. The van der Waals surface area contributed by atoms with Gasteiger partial charge in [0.2, 0.25) is 10.3 Å². The van der Waals surface area contributed by atoms with Crippen LogP contribution < -0.4 is 10.6 Å². The van der Waals surface area contributed by atoms with Crippen molar-refractivity contribution in [3.05, 3.63) is 87.8 Å². The Morgan fingerprint density at radius 2 is 1.11 bits per heavy atom. The fourth-order valence-corrected chi connectivity index (χ4v) is 5.31. The van der Waals surface area contributed by atoms with Crippen molar-refractivity contribution < 1.29 is 28.9 Å². The Morgan fingerprint density at radius 1 is 0.705 bits per heavy atom. The summed E-state index contributed by atoms with van der Waals surface area (Å²) >= 11 is 14.1. The van der Waals surface area contributed by atoms with E-state index in [1.54, 1.807) is 0 Å². The van der Waals surface area contributed by atoms with Gasteiger partial charge in [-0.25, -0.2) is 0 Å². The van der Waals surface area contributed by atoms with E-state index >= 15 is 0 Å². The fourth-order valence-electron chi connectivity index (χ4n) is 3.38. The summed E-state index contributed by atoms with van der Waals surface area (Å²) in [6, 6.07) is 7.32. The number of nitrogens with one attached hydrogen (secondary N) is 2. The molecule has 44 heavy (non-hydrogen) atoms. The first-order valence-corrected chi connectivity index (χ1v) is 14.8. The van der Waals surface area contributed by atoms with E-state index in [4.69, 9.17) is 32.7 Å². The first-order chi connectivity index (χ1) is 21.1. The minimum absolute atomic E-state index is 0.143. The van der Waals surface area contributed by atoms with Crippen molar-refractivity contribution in [3.8, 4) is 0 Å². The summed E-state index contributed by atoms with van der Waals surface area (Å²) in [6.07, 6.45) is 0.921. The number of hydrogen-bond donors (Lipinski definition) is 2. The molecule has 0 aliphatic carbocycles. The third kappa shape index (κ3) is 9.15. The molecule has 20 heteroatoms. The number of nitro groups is 2. The van der Waals surface area contributed by atoms with Gasteiger partial charge in [0.05, 0.1) is 36.3 Å². The number of nitro benzene ring substituents is 2. The lowest BCUT2D eigenvalue weighted by Crippen LogP contribution is -2.11. The number of anilines is 2. The van der Waals surface area contributed by atoms with E-state index < -0.39 is 21.7 Å². The van der Waals surface area contributed by atoms with Crippen molar-refractivity contribution in [2.75, 3.05) is 37.1 Å². The predicted octanol–water partition coefficient (Wildman–Crippen LogP) is 4.84. The second kappa shape index (κ2) is 15.5. The van der Waals surface area contributed by atoms with E-state index in [-0.39, 0.29) is 42.8 Å². The molecule has 16 nitrogen and oxygen atoms in total. The van der Waals surface area contributed by atoms with Gasteiger partial charge in [-0.15, -0.1) is 20.4 Å². The summed E-state index contributed by atoms with van der Waals surface area (Å²) in [6.45, 7) is 1.36. The second-order valence-electron chi connectivity index (χ2n) is 8.48. The van der Waals surface area contributed by atoms with Gasteiger partial charge in [0.15, 0.2) is 0 Å². The Bertz CT molecular complexity index is 1560. The standard InChI is InChI=1S/C24H20Cl2N8O8S2/c25-15-11-13(1-3-17(15)33(37)38)21(35)27-23-31-29-19(43-23)5-7-41-9-10-42-8-6-20-30-32-24(44-20)28-22(36)14-2-4-18(34(39)40)16(26)12-14/h1-4,11-12H,5-10H2,(H,27,31,35)(H,28,32,36). The van der Waals surface area contributed by atoms with Crippen LogP contribution >= 0.6 is 45.9 Å². The molecule has 0 bridgehead atoms. The lowest BCUT2D eigenvalue weighted by molar-refractivity contribution is -0.384. The van der Waals surface area contributed by atoms with E-state index in [9.17, 15) is 29.8 Å². The molecule has 0 atom stereocenters. The van der Waals surface area contributed by atoms with Crippen LogP contribution in [0.3, 0.4) is 0 Å². The topological polar surface area (TPSA) is 214 Å². The number of carbonyl (C=O) groups excluding carboxylic acids is 2. The Hall–Kier alpha value is -4.20. The molecule has 2 amide bonds. The Labute approximate surface area is 265 Å². The van der Waals surface area contributed by atoms with Crippen molar-refractivity contribution >= 4 is 79.3 Å². The summed E-state index contributed by atoms with van der Waals surface area (Å²) in [5.41, 5.74) is -0.305. The molecule has 4 aromatic rings. The van der Waals surface area contributed by atoms with Gasteiger partial charge in [-0.2, -0.15) is 0 Å². The highest BCUT2D eigenvalue weighted by atomic mass is 35.5. The van der Waals surface area contributed by atoms with Crippen LogP contribution in [0.4, 0.5) is 21.6 Å². The summed E-state index contributed by atoms with van der Waals surface area (Å²) in [5.74, 6) is -1.06. The average Bonchev–Trinajstić information content (AvgIpc) is 3.62. The van der Waals surface area contributed by atoms with E-state index in [0.29, 0.717) is 49.3 Å². The van der Waals surface area contributed by atoms with Gasteiger partial charge in [-0.3, -0.25) is 40.5 Å². The predicted molar refractivity (Wildman–Crippen MR) is 161 cm³/mol. The van der Waals surface area contributed by atoms with Crippen molar-refractivity contribution in [1.82, 2.24) is 20.4 Å². The molecule has 2 N–H and O–H groups in total. The molecule has 2 aromatic heterocycles. The van der Waals surface area contributed by atoms with Gasteiger partial charge >= 0.3 is 0 Å². The van der Waals surface area contributed by atoms with Gasteiger partial charge in [-0.05, 0) is 24.3 Å². The summed E-state index contributed by atoms with van der Waals surface area (Å²) in [4.78, 5) is 45.2. The number of rotatable bonds is 15. The molecule has 0 radical (unpaired) electrons. The number of aromatic nitrogens is 4. The van der Waals surface area contributed by atoms with Crippen molar-refractivity contribution in [1.29, 1.82) is 0 Å². The third-order valence-electron chi connectivity index (χ3n) is 5.48. The number of nitrogens with zero attached hydrogens (tertiary/aromatic N) is 6. The van der Waals surface area contributed by atoms with Crippen LogP contribution in [-0.4, -0.2) is 68.5 Å². The van der Waals surface area contributed by atoms with Crippen LogP contribution in [0.1, 0.15) is 30.7 Å². The third-order valence-corrected chi connectivity index (χ3v) is 7.88. The normalized spacial score (nSPS) is 10.9. The van der Waals surface area contributed by atoms with Gasteiger partial charge < -0.3 is 9.47 Å². The van der Waals surface area contributed by atoms with Crippen molar-refractivity contribution in [3.63, 3.8) is 0 Å². The molecule has 0 fully saturated rings. The van der Waals surface area contributed by atoms with Crippen LogP contribution in [0.2, 0.25) is 10.0 Å². The molecule has 0 unspecified atom stereocenters. The van der Waals surface area contributed by atoms with Crippen LogP contribution in [0.5, 0.6) is 0 Å². The number of ether oxygens (including phenoxy) is 2. The maximum Gasteiger partial charge on any atom is 0.287 e. The molecule has 230 valence electrons. The highest BCUT2D eigenvalue weighted by molar-refractivity contribution is 7.15. The number of amides is 2. The van der Waals surface area contributed by atoms with Crippen LogP contribution in [0.15, 0.2) is 36.4 Å². The number of benzene rings is 2. The Balaban J connectivity index is 1.09. The zero-order valence-corrected chi connectivity index (χ0v) is 25.4. The number of halogens is 2. The second-order valence-corrected chi connectivity index (χ2v) is 11.4. The summed E-state index contributed by atoms with van der Waals surface area (Å²) < 4.78 is 11.1. The van der Waals surface area contributed by atoms with Gasteiger partial charge in [-0.1, -0.05) is 45.9 Å². The Kier molecular flexibility index (Phi) is 11.5. The molecule has 0 saturated heterocycles. The average molecular weight is 684 g/mol. The van der Waals surface area contributed by atoms with Gasteiger partial charge in [0.1, 0.15) is 20.1 Å². The maximum absolute atomic E-state index is 12.4. The minimum atomic E-state index is -0.637. The monoisotopic (exact) mass is 682 g/mol. The molecular formula is C24H20Cl2N8O8S2. The highest BCUT2D eigenvalue weighted by Crippen LogP contribution is 2.27. The zero-order valence-electron chi connectivity index (χ0n) is 22.2. The maximum atomic E-state index is 12.4. The van der Waals surface area contributed by atoms with Gasteiger partial charge in [0, 0.05) is 36.1 Å². The minimum Gasteiger partial charge on any atom is -0.379 e. The number of hydrogen-bond acceptors (Lipinski definition) is 14. The lowest BCUT2D eigenvalue weighted by atomic mass is 10.2. The van der Waals surface area contributed by atoms with Crippen LogP contribution in [-0.2, 0) is 22.3 Å². The quantitative estimate of drug-likeness (QED) is 0.0979. The van der Waals surface area contributed by atoms with E-state index in [0.717, 1.165) is 12.1 Å². The van der Waals surface area contributed by atoms with E-state index in [1.165, 1.54) is 46.9 Å². The van der Waals surface area contributed by atoms with Crippen molar-refractivity contribution in [2.24, 2.45) is 0 Å². The smallest absolute Gasteiger partial charge is 0.287 e. The molecule has 0 aliphatic heterocycles. The highest BCUT2D eigenvalue weighted by Gasteiger charge is 2.18. The van der Waals surface area contributed by atoms with Crippen LogP contribution in [0.25, 0.3) is 0 Å². The zero-order chi connectivity index (χ0) is 31.6. The lowest BCUT2D eigenvalue weighted by Gasteiger charge is -2.04. The molecule has 0 spiro atoms. The van der Waals surface area contributed by atoms with Crippen LogP contribution in [0, 0.1) is 20.2 Å². The van der Waals surface area contributed by atoms with E-state index in [1.807, 2.05) is 0 Å². The Morgan fingerprint density at radius 3 is 1.48 bits per heavy atom. The largest absolute Gasteiger partial charge is 0.379 e. The molecule has 4 rings (SSSR count). The molecule has 0 saturated carbocycles. The summed E-state index contributed by atoms with van der Waals surface area (Å²) in [5, 5.41) is 44.3. The number of carbonyl (C=O) groups is 2. The van der Waals surface area contributed by atoms with Crippen molar-refractivity contribution in [2.45, 2.75) is 12.8 Å². The first kappa shape index (κ1) is 32.7. The molecule has 0 aliphatic rings. The first-order valence-electron chi connectivity index (χ1n) is 12.4. The van der Waals surface area contributed by atoms with Gasteiger partial charge in [0.25, 0.3) is 23.2 Å². The molecule has 2 aromatic carbocycles. The summed E-state index contributed by atoms with van der Waals surface area (Å²) in [7, 11) is 0. The molecule has 2 heterocycles. The fraction of sp³-hybridized carbons (Fsp3) is 0.250. The SMILES string of the molecule is O=C(Nc1nnc(CCOCCOCCc2nnc(NC(=O)c3ccc([N+](=O)[O-])c(Cl)c3)s2)s1)c1ccc([N+](=O)[O-])c(Cl)c1. The van der Waals surface area contributed by atoms with E-state index in [2.05, 4.69) is 31.0 Å².